The molecule has 2 rings (SSSR count). The number of esters is 3. The Hall–Kier alpha value is -1.47. The van der Waals surface area contributed by atoms with E-state index < -0.39 is 11.5 Å². The van der Waals surface area contributed by atoms with Crippen LogP contribution >= 0.6 is 12.4 Å². The van der Waals surface area contributed by atoms with Crippen LogP contribution in [0, 0.1) is 10.8 Å². The third-order valence-corrected chi connectivity index (χ3v) is 5.99. The van der Waals surface area contributed by atoms with Crippen LogP contribution in [0.2, 0.25) is 0 Å². The third kappa shape index (κ3) is 29.3. The molecule has 3 atom stereocenters. The molecular formula is C31H62Cl2N2O9. The average molecular weight is 678 g/mol. The SMILES string of the molecule is C=C(C)C(=O)OCC1CO1.CCC(C)(C)C(=O)OCC(O)C[N+](C)(C)C.CCC(C)(C)C(=O)OCC1CO1.CN(C)C.Cl.[Cl-]. The van der Waals surface area contributed by atoms with Crippen LogP contribution in [0.1, 0.15) is 61.3 Å². The zero-order valence-corrected chi connectivity index (χ0v) is 31.1. The standard InChI is InChI=1S/C12H26NO3.C9H16O3.C7H10O3.C3H9N.2ClH/c1-7-12(2,3)11(15)16-9-10(14)8-13(4,5)6;1-4-9(2,3)8(10)12-6-7-5-11-7;1-5(2)7(8)10-4-6-3-9-6;1-4(2)3;;/h10,14H,7-9H2,1-6H3;7H,4-6H2,1-3H3;6H,1,3-4H2,2H3;1-3H3;2*1H/q+1;;;;;/p-1. The van der Waals surface area contributed by atoms with Gasteiger partial charge in [-0.3, -0.25) is 9.59 Å². The fraction of sp³-hybridized carbons (Fsp3) is 0.839. The predicted molar refractivity (Wildman–Crippen MR) is 171 cm³/mol. The summed E-state index contributed by atoms with van der Waals surface area (Å²) in [6, 6.07) is 0. The summed E-state index contributed by atoms with van der Waals surface area (Å²) < 4.78 is 25.3. The number of aliphatic hydroxyl groups excluding tert-OH is 1. The number of nitrogens with zero attached hydrogens (tertiary/aromatic N) is 2. The molecule has 2 fully saturated rings. The van der Waals surface area contributed by atoms with Crippen LogP contribution in [-0.4, -0.2) is 133 Å². The summed E-state index contributed by atoms with van der Waals surface area (Å²) in [5, 5.41) is 9.68. The Balaban J connectivity index is -0.000000256. The first-order chi connectivity index (χ1) is 19.1. The van der Waals surface area contributed by atoms with E-state index in [-0.39, 0.29) is 67.0 Å². The Labute approximate surface area is 279 Å². The van der Waals surface area contributed by atoms with Gasteiger partial charge in [-0.2, -0.15) is 0 Å². The summed E-state index contributed by atoms with van der Waals surface area (Å²) in [6.45, 7) is 19.4. The van der Waals surface area contributed by atoms with Gasteiger partial charge in [0.2, 0.25) is 0 Å². The smallest absolute Gasteiger partial charge is 0.333 e. The maximum absolute atomic E-state index is 11.6. The first-order valence-corrected chi connectivity index (χ1v) is 14.6. The molecule has 11 nitrogen and oxygen atoms in total. The second-order valence-electron chi connectivity index (χ2n) is 13.4. The number of ether oxygens (including phenoxy) is 5. The third-order valence-electron chi connectivity index (χ3n) is 5.99. The minimum absolute atomic E-state index is 0. The van der Waals surface area contributed by atoms with Crippen LogP contribution in [0.5, 0.6) is 0 Å². The highest BCUT2D eigenvalue weighted by Gasteiger charge is 2.31. The molecular weight excluding hydrogens is 615 g/mol. The number of aliphatic hydroxyl groups is 1. The zero-order chi connectivity index (χ0) is 33.3. The largest absolute Gasteiger partial charge is 1.00 e. The molecule has 264 valence electrons. The summed E-state index contributed by atoms with van der Waals surface area (Å²) >= 11 is 0. The Kier molecular flexibility index (Phi) is 26.7. The lowest BCUT2D eigenvalue weighted by Gasteiger charge is -2.27. The molecule has 2 saturated heterocycles. The van der Waals surface area contributed by atoms with E-state index in [1.807, 2.05) is 88.7 Å². The Morgan fingerprint density at radius 3 is 1.52 bits per heavy atom. The van der Waals surface area contributed by atoms with E-state index in [9.17, 15) is 19.5 Å². The van der Waals surface area contributed by atoms with Crippen molar-refractivity contribution in [2.45, 2.75) is 79.6 Å². The van der Waals surface area contributed by atoms with Gasteiger partial charge in [0.1, 0.15) is 44.7 Å². The fourth-order valence-electron chi connectivity index (χ4n) is 2.33. The molecule has 0 aromatic rings. The Morgan fingerprint density at radius 1 is 0.886 bits per heavy atom. The maximum Gasteiger partial charge on any atom is 0.333 e. The van der Waals surface area contributed by atoms with Crippen LogP contribution in [-0.2, 0) is 38.1 Å². The highest BCUT2D eigenvalue weighted by Crippen LogP contribution is 2.23. The van der Waals surface area contributed by atoms with Crippen LogP contribution in [0.3, 0.4) is 0 Å². The summed E-state index contributed by atoms with van der Waals surface area (Å²) in [4.78, 5) is 35.7. The van der Waals surface area contributed by atoms with E-state index in [4.69, 9.17) is 23.7 Å². The Morgan fingerprint density at radius 2 is 1.23 bits per heavy atom. The summed E-state index contributed by atoms with van der Waals surface area (Å²) in [7, 11) is 12.0. The fourth-order valence-corrected chi connectivity index (χ4v) is 2.33. The first-order valence-electron chi connectivity index (χ1n) is 14.6. The molecule has 44 heavy (non-hydrogen) atoms. The lowest BCUT2D eigenvalue weighted by molar-refractivity contribution is -0.873. The molecule has 2 aliphatic rings. The van der Waals surface area contributed by atoms with Gasteiger partial charge in [0, 0.05) is 5.57 Å². The molecule has 0 radical (unpaired) electrons. The zero-order valence-electron chi connectivity index (χ0n) is 29.5. The van der Waals surface area contributed by atoms with Gasteiger partial charge >= 0.3 is 17.9 Å². The molecule has 0 amide bonds. The number of hydrogen-bond acceptors (Lipinski definition) is 10. The first kappa shape index (κ1) is 49.4. The van der Waals surface area contributed by atoms with Crippen molar-refractivity contribution >= 4 is 30.3 Å². The number of halogens is 2. The van der Waals surface area contributed by atoms with Crippen LogP contribution < -0.4 is 12.4 Å². The Bertz CT molecular complexity index is 821. The topological polar surface area (TPSA) is 127 Å². The van der Waals surface area contributed by atoms with Crippen molar-refractivity contribution in [3.63, 3.8) is 0 Å². The van der Waals surface area contributed by atoms with Crippen molar-refractivity contribution in [2.24, 2.45) is 10.8 Å². The van der Waals surface area contributed by atoms with Gasteiger partial charge in [-0.25, -0.2) is 4.79 Å². The van der Waals surface area contributed by atoms with Gasteiger partial charge in [0.05, 0.1) is 45.2 Å². The molecule has 0 saturated carbocycles. The van der Waals surface area contributed by atoms with Gasteiger partial charge in [0.15, 0.2) is 0 Å². The van der Waals surface area contributed by atoms with Gasteiger partial charge in [0.25, 0.3) is 0 Å². The lowest BCUT2D eigenvalue weighted by atomic mass is 9.91. The summed E-state index contributed by atoms with van der Waals surface area (Å²) in [5.41, 5.74) is -0.383. The molecule has 0 aliphatic carbocycles. The quantitative estimate of drug-likeness (QED) is 0.0969. The van der Waals surface area contributed by atoms with Crippen LogP contribution in [0.25, 0.3) is 0 Å². The van der Waals surface area contributed by atoms with Crippen molar-refractivity contribution in [3.8, 4) is 0 Å². The molecule has 2 aliphatic heterocycles. The molecule has 0 spiro atoms. The maximum atomic E-state index is 11.6. The normalized spacial score (nSPS) is 17.2. The van der Waals surface area contributed by atoms with E-state index in [1.54, 1.807) is 6.92 Å². The summed E-state index contributed by atoms with van der Waals surface area (Å²) in [5.74, 6) is -0.702. The van der Waals surface area contributed by atoms with Gasteiger partial charge < -0.3 is 50.6 Å². The molecule has 2 heterocycles. The van der Waals surface area contributed by atoms with Crippen molar-refractivity contribution in [3.05, 3.63) is 12.2 Å². The molecule has 0 aromatic carbocycles. The number of quaternary nitrogens is 1. The molecule has 0 bridgehead atoms. The number of likely N-dealkylation sites (N-methyl/N-ethyl adjacent to an activating group) is 1. The van der Waals surface area contributed by atoms with Crippen molar-refractivity contribution in [2.75, 3.05) is 81.9 Å². The van der Waals surface area contributed by atoms with Crippen molar-refractivity contribution in [1.82, 2.24) is 4.90 Å². The van der Waals surface area contributed by atoms with Gasteiger partial charge in [-0.15, -0.1) is 12.4 Å². The minimum Gasteiger partial charge on any atom is -1.00 e. The number of carbonyl (C=O) groups is 3. The second-order valence-corrected chi connectivity index (χ2v) is 13.4. The molecule has 0 aromatic heterocycles. The van der Waals surface area contributed by atoms with Crippen molar-refractivity contribution in [1.29, 1.82) is 0 Å². The number of rotatable bonds is 13. The number of epoxide rings is 2. The lowest BCUT2D eigenvalue weighted by Crippen LogP contribution is -3.00. The highest BCUT2D eigenvalue weighted by atomic mass is 35.5. The van der Waals surface area contributed by atoms with Gasteiger partial charge in [-0.05, 0) is 68.6 Å². The number of hydrogen-bond donors (Lipinski definition) is 1. The van der Waals surface area contributed by atoms with Crippen LogP contribution in [0.4, 0.5) is 0 Å². The minimum atomic E-state index is -0.600. The summed E-state index contributed by atoms with van der Waals surface area (Å²) in [6.07, 6.45) is 1.25. The van der Waals surface area contributed by atoms with Crippen molar-refractivity contribution < 1.29 is 60.1 Å². The monoisotopic (exact) mass is 676 g/mol. The van der Waals surface area contributed by atoms with E-state index in [0.29, 0.717) is 36.4 Å². The van der Waals surface area contributed by atoms with E-state index in [0.717, 1.165) is 19.4 Å². The molecule has 3 unspecified atom stereocenters. The average Bonchev–Trinajstić information content (AvgIpc) is 3.79. The van der Waals surface area contributed by atoms with Crippen LogP contribution in [0.15, 0.2) is 12.2 Å². The highest BCUT2D eigenvalue weighted by molar-refractivity contribution is 5.87. The molecule has 13 heteroatoms. The second kappa shape index (κ2) is 23.8. The number of carbonyl (C=O) groups excluding carboxylic acids is 3. The van der Waals surface area contributed by atoms with E-state index in [1.165, 1.54) is 0 Å². The van der Waals surface area contributed by atoms with E-state index in [2.05, 4.69) is 6.58 Å². The molecule has 1 N–H and O–H groups in total. The van der Waals surface area contributed by atoms with E-state index >= 15 is 0 Å². The van der Waals surface area contributed by atoms with Gasteiger partial charge in [-0.1, -0.05) is 20.4 Å². The predicted octanol–water partition coefficient (Wildman–Crippen LogP) is 0.506.